The lowest BCUT2D eigenvalue weighted by Crippen LogP contribution is -2.16. The van der Waals surface area contributed by atoms with Crippen LogP contribution in [0.2, 0.25) is 0 Å². The third-order valence-corrected chi connectivity index (χ3v) is 2.87. The zero-order valence-corrected chi connectivity index (χ0v) is 10.8. The van der Waals surface area contributed by atoms with E-state index in [0.29, 0.717) is 23.7 Å². The van der Waals surface area contributed by atoms with Crippen molar-refractivity contribution in [2.45, 2.75) is 32.2 Å². The van der Waals surface area contributed by atoms with E-state index in [1.165, 1.54) is 6.07 Å². The summed E-state index contributed by atoms with van der Waals surface area (Å²) in [6.45, 7) is 1.88. The lowest BCUT2D eigenvalue weighted by Gasteiger charge is -2.05. The van der Waals surface area contributed by atoms with Crippen LogP contribution < -0.4 is 5.73 Å². The van der Waals surface area contributed by atoms with E-state index >= 15 is 0 Å². The summed E-state index contributed by atoms with van der Waals surface area (Å²) in [5.74, 6) is -0.178. The molecule has 1 aromatic rings. The molecule has 0 aliphatic rings. The third kappa shape index (κ3) is 4.41. The highest BCUT2D eigenvalue weighted by Crippen LogP contribution is 2.17. The molecule has 1 rings (SSSR count). The maximum absolute atomic E-state index is 12.9. The van der Waals surface area contributed by atoms with Crippen molar-refractivity contribution in [3.63, 3.8) is 0 Å². The van der Waals surface area contributed by atoms with Gasteiger partial charge in [-0.2, -0.15) is 0 Å². The number of hydrogen-bond acceptors (Lipinski definition) is 2. The van der Waals surface area contributed by atoms with E-state index in [2.05, 4.69) is 15.9 Å². The molecule has 0 bridgehead atoms. The zero-order valence-electron chi connectivity index (χ0n) is 9.17. The van der Waals surface area contributed by atoms with E-state index in [9.17, 15) is 9.18 Å². The molecule has 0 amide bonds. The summed E-state index contributed by atoms with van der Waals surface area (Å²) in [5, 5.41) is 0. The Bertz CT molecular complexity index is 379. The molecule has 0 saturated carbocycles. The van der Waals surface area contributed by atoms with Crippen LogP contribution in [0.1, 0.15) is 25.3 Å². The molecule has 1 atom stereocenters. The molecule has 0 aromatic heterocycles. The maximum Gasteiger partial charge on any atom is 0.137 e. The van der Waals surface area contributed by atoms with Gasteiger partial charge >= 0.3 is 0 Å². The monoisotopic (exact) mass is 287 g/mol. The number of rotatable bonds is 5. The van der Waals surface area contributed by atoms with E-state index in [1.807, 2.05) is 6.92 Å². The average Bonchev–Trinajstić information content (AvgIpc) is 2.21. The normalized spacial score (nSPS) is 12.5. The highest BCUT2D eigenvalue weighted by Gasteiger charge is 2.07. The highest BCUT2D eigenvalue weighted by molar-refractivity contribution is 9.10. The summed E-state index contributed by atoms with van der Waals surface area (Å²) in [7, 11) is 0. The number of Topliss-reactive ketones (excluding diaryl/α,β-unsaturated/α-hetero) is 1. The lowest BCUT2D eigenvalue weighted by atomic mass is 10.0. The van der Waals surface area contributed by atoms with E-state index in [0.717, 1.165) is 5.56 Å². The minimum absolute atomic E-state index is 0.0453. The molecular formula is C12H15BrFNO. The van der Waals surface area contributed by atoms with Crippen LogP contribution in [0.4, 0.5) is 4.39 Å². The van der Waals surface area contributed by atoms with E-state index in [-0.39, 0.29) is 17.6 Å². The van der Waals surface area contributed by atoms with Crippen LogP contribution in [0.15, 0.2) is 22.7 Å². The molecule has 0 saturated heterocycles. The molecule has 16 heavy (non-hydrogen) atoms. The largest absolute Gasteiger partial charge is 0.328 e. The molecule has 0 radical (unpaired) electrons. The first-order valence-corrected chi connectivity index (χ1v) is 5.99. The first kappa shape index (κ1) is 13.3. The number of nitrogens with two attached hydrogens (primary N) is 1. The Labute approximate surface area is 103 Å². The van der Waals surface area contributed by atoms with Crippen molar-refractivity contribution in [1.82, 2.24) is 0 Å². The lowest BCUT2D eigenvalue weighted by molar-refractivity contribution is -0.118. The molecule has 0 aliphatic carbocycles. The fourth-order valence-corrected chi connectivity index (χ4v) is 1.78. The number of halogens is 2. The third-order valence-electron chi connectivity index (χ3n) is 2.26. The molecule has 2 nitrogen and oxygen atoms in total. The van der Waals surface area contributed by atoms with Gasteiger partial charge in [0.2, 0.25) is 0 Å². The molecule has 0 fully saturated rings. The second kappa shape index (κ2) is 6.11. The SMILES string of the molecule is CC(N)CCC(=O)Cc1ccc(F)c(Br)c1. The summed E-state index contributed by atoms with van der Waals surface area (Å²) >= 11 is 3.09. The van der Waals surface area contributed by atoms with Crippen LogP contribution in [-0.2, 0) is 11.2 Å². The number of benzene rings is 1. The number of hydrogen-bond donors (Lipinski definition) is 1. The molecule has 1 unspecified atom stereocenters. The maximum atomic E-state index is 12.9. The predicted octanol–water partition coefficient (Wildman–Crippen LogP) is 2.83. The average molecular weight is 288 g/mol. The van der Waals surface area contributed by atoms with E-state index < -0.39 is 0 Å². The quantitative estimate of drug-likeness (QED) is 0.905. The van der Waals surface area contributed by atoms with Crippen LogP contribution in [0.25, 0.3) is 0 Å². The fraction of sp³-hybridized carbons (Fsp3) is 0.417. The van der Waals surface area contributed by atoms with Crippen LogP contribution in [0.5, 0.6) is 0 Å². The van der Waals surface area contributed by atoms with Crippen molar-refractivity contribution < 1.29 is 9.18 Å². The second-order valence-electron chi connectivity index (χ2n) is 3.98. The van der Waals surface area contributed by atoms with Crippen molar-refractivity contribution in [2.75, 3.05) is 0 Å². The van der Waals surface area contributed by atoms with Gasteiger partial charge in [-0.1, -0.05) is 6.07 Å². The Kier molecular flexibility index (Phi) is 5.09. The van der Waals surface area contributed by atoms with Gasteiger partial charge in [-0.3, -0.25) is 4.79 Å². The summed E-state index contributed by atoms with van der Waals surface area (Å²) < 4.78 is 13.3. The van der Waals surface area contributed by atoms with Gasteiger partial charge in [0.25, 0.3) is 0 Å². The summed E-state index contributed by atoms with van der Waals surface area (Å²) in [6, 6.07) is 4.67. The van der Waals surface area contributed by atoms with Gasteiger partial charge < -0.3 is 5.73 Å². The molecule has 1 aromatic carbocycles. The Morgan fingerprint density at radius 2 is 2.25 bits per heavy atom. The number of carbonyl (C=O) groups excluding carboxylic acids is 1. The van der Waals surface area contributed by atoms with Gasteiger partial charge in [0.05, 0.1) is 4.47 Å². The van der Waals surface area contributed by atoms with Gasteiger partial charge in [0, 0.05) is 18.9 Å². The van der Waals surface area contributed by atoms with Crippen LogP contribution in [0, 0.1) is 5.82 Å². The Hall–Kier alpha value is -0.740. The molecule has 0 heterocycles. The van der Waals surface area contributed by atoms with Crippen molar-refractivity contribution in [3.8, 4) is 0 Å². The minimum atomic E-state index is -0.313. The van der Waals surface area contributed by atoms with Crippen LogP contribution in [0.3, 0.4) is 0 Å². The minimum Gasteiger partial charge on any atom is -0.328 e. The van der Waals surface area contributed by atoms with E-state index in [1.54, 1.807) is 12.1 Å². The van der Waals surface area contributed by atoms with Crippen molar-refractivity contribution in [2.24, 2.45) is 5.73 Å². The summed E-state index contributed by atoms with van der Waals surface area (Å²) in [5.41, 5.74) is 6.39. The molecule has 0 spiro atoms. The first-order chi connectivity index (χ1) is 7.49. The molecule has 2 N–H and O–H groups in total. The van der Waals surface area contributed by atoms with Crippen LogP contribution in [-0.4, -0.2) is 11.8 Å². The van der Waals surface area contributed by atoms with E-state index in [4.69, 9.17) is 5.73 Å². The van der Waals surface area contributed by atoms with Gasteiger partial charge in [-0.25, -0.2) is 4.39 Å². The Balaban J connectivity index is 2.53. The molecule has 4 heteroatoms. The van der Waals surface area contributed by atoms with Crippen LogP contribution >= 0.6 is 15.9 Å². The standard InChI is InChI=1S/C12H15BrFNO/c1-8(15)2-4-10(16)6-9-3-5-12(14)11(13)7-9/h3,5,7-8H,2,4,6,15H2,1H3. The molecule has 88 valence electrons. The van der Waals surface area contributed by atoms with Gasteiger partial charge in [-0.05, 0) is 47.0 Å². The van der Waals surface area contributed by atoms with Gasteiger partial charge in [0.1, 0.15) is 11.6 Å². The van der Waals surface area contributed by atoms with Crippen molar-refractivity contribution in [1.29, 1.82) is 0 Å². The van der Waals surface area contributed by atoms with Gasteiger partial charge in [0.15, 0.2) is 0 Å². The Morgan fingerprint density at radius 1 is 1.56 bits per heavy atom. The second-order valence-corrected chi connectivity index (χ2v) is 4.83. The first-order valence-electron chi connectivity index (χ1n) is 5.20. The molecule has 0 aliphatic heterocycles. The number of carbonyl (C=O) groups is 1. The highest BCUT2D eigenvalue weighted by atomic mass is 79.9. The zero-order chi connectivity index (χ0) is 12.1. The summed E-state index contributed by atoms with van der Waals surface area (Å²) in [6.07, 6.45) is 1.51. The van der Waals surface area contributed by atoms with Crippen molar-refractivity contribution in [3.05, 3.63) is 34.1 Å². The van der Waals surface area contributed by atoms with Gasteiger partial charge in [-0.15, -0.1) is 0 Å². The molecular weight excluding hydrogens is 273 g/mol. The predicted molar refractivity (Wildman–Crippen MR) is 65.7 cm³/mol. The Morgan fingerprint density at radius 3 is 2.81 bits per heavy atom. The van der Waals surface area contributed by atoms with Crippen molar-refractivity contribution >= 4 is 21.7 Å². The fourth-order valence-electron chi connectivity index (χ4n) is 1.35. The topological polar surface area (TPSA) is 43.1 Å². The smallest absolute Gasteiger partial charge is 0.137 e. The summed E-state index contributed by atoms with van der Waals surface area (Å²) in [4.78, 5) is 11.5. The number of ketones is 1.